The molecule has 0 unspecified atom stereocenters. The fourth-order valence-electron chi connectivity index (χ4n) is 0.225. The quantitative estimate of drug-likeness (QED) is 0.518. The zero-order valence-corrected chi connectivity index (χ0v) is 6.18. The van der Waals surface area contributed by atoms with Crippen molar-refractivity contribution >= 4 is 23.2 Å². The minimum atomic E-state index is -0.109. The maximum atomic E-state index is 5.75. The maximum absolute atomic E-state index is 5.75. The molecule has 0 bridgehead atoms. The standard InChI is InChI=1S/C5H10Cl2/c1-5(2,7)3-4-6/h3-4H2,1-2H3. The molecule has 0 heterocycles. The van der Waals surface area contributed by atoms with Gasteiger partial charge < -0.3 is 0 Å². The average Bonchev–Trinajstić information content (AvgIpc) is 1.30. The number of hydrogen-bond donors (Lipinski definition) is 0. The normalized spacial score (nSPS) is 12.0. The lowest BCUT2D eigenvalue weighted by Gasteiger charge is -2.11. The molecule has 0 aromatic carbocycles. The van der Waals surface area contributed by atoms with Crippen molar-refractivity contribution < 1.29 is 0 Å². The topological polar surface area (TPSA) is 0 Å². The van der Waals surface area contributed by atoms with E-state index in [2.05, 4.69) is 0 Å². The van der Waals surface area contributed by atoms with Crippen LogP contribution in [0.2, 0.25) is 0 Å². The lowest BCUT2D eigenvalue weighted by molar-refractivity contribution is 0.675. The van der Waals surface area contributed by atoms with E-state index < -0.39 is 0 Å². The van der Waals surface area contributed by atoms with Crippen molar-refractivity contribution in [3.63, 3.8) is 0 Å². The Morgan fingerprint density at radius 3 is 1.86 bits per heavy atom. The lowest BCUT2D eigenvalue weighted by Crippen LogP contribution is -2.09. The average molecular weight is 141 g/mol. The molecular formula is C5H10Cl2. The Balaban J connectivity index is 3.15. The van der Waals surface area contributed by atoms with E-state index in [1.54, 1.807) is 0 Å². The summed E-state index contributed by atoms with van der Waals surface area (Å²) in [6.45, 7) is 3.91. The Labute approximate surface area is 54.8 Å². The van der Waals surface area contributed by atoms with Crippen molar-refractivity contribution in [1.29, 1.82) is 0 Å². The van der Waals surface area contributed by atoms with Crippen LogP contribution >= 0.6 is 23.2 Å². The lowest BCUT2D eigenvalue weighted by atomic mass is 10.1. The van der Waals surface area contributed by atoms with Gasteiger partial charge in [-0.25, -0.2) is 0 Å². The fourth-order valence-corrected chi connectivity index (χ4v) is 0.888. The first-order valence-electron chi connectivity index (χ1n) is 2.31. The van der Waals surface area contributed by atoms with Crippen molar-refractivity contribution in [3.8, 4) is 0 Å². The minimum absolute atomic E-state index is 0.109. The van der Waals surface area contributed by atoms with Crippen LogP contribution in [0.25, 0.3) is 0 Å². The first-order chi connectivity index (χ1) is 3.06. The number of hydrogen-bond acceptors (Lipinski definition) is 0. The van der Waals surface area contributed by atoms with Crippen LogP contribution in [0.3, 0.4) is 0 Å². The predicted octanol–water partition coefficient (Wildman–Crippen LogP) is 2.63. The molecule has 0 nitrogen and oxygen atoms in total. The highest BCUT2D eigenvalue weighted by Gasteiger charge is 2.10. The minimum Gasteiger partial charge on any atom is -0.127 e. The van der Waals surface area contributed by atoms with Crippen LogP contribution in [0.1, 0.15) is 20.3 Å². The third kappa shape index (κ3) is 6.58. The van der Waals surface area contributed by atoms with Crippen LogP contribution in [0.5, 0.6) is 0 Å². The monoisotopic (exact) mass is 140 g/mol. The summed E-state index contributed by atoms with van der Waals surface area (Å²) in [4.78, 5) is -0.109. The Morgan fingerprint density at radius 2 is 1.86 bits per heavy atom. The van der Waals surface area contributed by atoms with Crippen LogP contribution in [0.4, 0.5) is 0 Å². The molecule has 0 saturated heterocycles. The molecule has 0 aliphatic carbocycles. The molecule has 0 aromatic heterocycles. The fraction of sp³-hybridized carbons (Fsp3) is 1.00. The Hall–Kier alpha value is 0.580. The highest BCUT2D eigenvalue weighted by atomic mass is 35.5. The smallest absolute Gasteiger partial charge is 0.0402 e. The largest absolute Gasteiger partial charge is 0.127 e. The Kier molecular flexibility index (Phi) is 3.01. The van der Waals surface area contributed by atoms with Crippen molar-refractivity contribution in [3.05, 3.63) is 0 Å². The van der Waals surface area contributed by atoms with Crippen molar-refractivity contribution in [2.24, 2.45) is 0 Å². The molecule has 0 N–H and O–H groups in total. The van der Waals surface area contributed by atoms with E-state index in [-0.39, 0.29) is 4.87 Å². The van der Waals surface area contributed by atoms with E-state index in [9.17, 15) is 0 Å². The van der Waals surface area contributed by atoms with Gasteiger partial charge in [0.05, 0.1) is 0 Å². The van der Waals surface area contributed by atoms with Gasteiger partial charge >= 0.3 is 0 Å². The van der Waals surface area contributed by atoms with E-state index in [0.717, 1.165) is 6.42 Å². The van der Waals surface area contributed by atoms with Crippen molar-refractivity contribution in [2.45, 2.75) is 25.1 Å². The van der Waals surface area contributed by atoms with Gasteiger partial charge in [-0.1, -0.05) is 0 Å². The summed E-state index contributed by atoms with van der Waals surface area (Å²) in [6, 6.07) is 0. The molecule has 0 radical (unpaired) electrons. The van der Waals surface area contributed by atoms with Gasteiger partial charge in [0.1, 0.15) is 0 Å². The van der Waals surface area contributed by atoms with Gasteiger partial charge in [-0.2, -0.15) is 0 Å². The van der Waals surface area contributed by atoms with Crippen molar-refractivity contribution in [1.82, 2.24) is 0 Å². The SMILES string of the molecule is CC(C)(Cl)CCCl. The van der Waals surface area contributed by atoms with Crippen LogP contribution in [0, 0.1) is 0 Å². The first-order valence-corrected chi connectivity index (χ1v) is 3.22. The third-order valence-electron chi connectivity index (χ3n) is 0.689. The molecule has 0 aromatic rings. The first kappa shape index (κ1) is 7.58. The van der Waals surface area contributed by atoms with E-state index in [1.807, 2.05) is 13.8 Å². The summed E-state index contributed by atoms with van der Waals surface area (Å²) in [6.07, 6.45) is 0.871. The second-order valence-corrected chi connectivity index (χ2v) is 3.56. The highest BCUT2D eigenvalue weighted by Crippen LogP contribution is 2.17. The summed E-state index contributed by atoms with van der Waals surface area (Å²) < 4.78 is 0. The summed E-state index contributed by atoms with van der Waals surface area (Å²) in [5.74, 6) is 0.649. The summed E-state index contributed by atoms with van der Waals surface area (Å²) >= 11 is 11.2. The zero-order chi connectivity index (χ0) is 5.91. The van der Waals surface area contributed by atoms with Gasteiger partial charge in [0.15, 0.2) is 0 Å². The van der Waals surface area contributed by atoms with Crippen LogP contribution in [0.15, 0.2) is 0 Å². The molecule has 0 spiro atoms. The summed E-state index contributed by atoms with van der Waals surface area (Å²) in [5, 5.41) is 0. The zero-order valence-electron chi connectivity index (χ0n) is 4.67. The van der Waals surface area contributed by atoms with Gasteiger partial charge in [-0.05, 0) is 20.3 Å². The molecule has 0 aliphatic heterocycles. The number of alkyl halides is 2. The maximum Gasteiger partial charge on any atom is 0.0402 e. The number of rotatable bonds is 2. The molecule has 0 saturated carbocycles. The molecule has 44 valence electrons. The van der Waals surface area contributed by atoms with Crippen LogP contribution in [-0.2, 0) is 0 Å². The highest BCUT2D eigenvalue weighted by molar-refractivity contribution is 6.24. The third-order valence-corrected chi connectivity index (χ3v) is 1.07. The molecule has 0 fully saturated rings. The van der Waals surface area contributed by atoms with Crippen molar-refractivity contribution in [2.75, 3.05) is 5.88 Å². The van der Waals surface area contributed by atoms with E-state index in [4.69, 9.17) is 23.2 Å². The molecule has 0 rings (SSSR count). The Morgan fingerprint density at radius 1 is 1.43 bits per heavy atom. The Bertz CT molecular complexity index is 44.5. The van der Waals surface area contributed by atoms with Gasteiger partial charge in [0, 0.05) is 10.8 Å². The summed E-state index contributed by atoms with van der Waals surface area (Å²) in [7, 11) is 0. The van der Waals surface area contributed by atoms with E-state index >= 15 is 0 Å². The second kappa shape index (κ2) is 2.78. The van der Waals surface area contributed by atoms with E-state index in [1.165, 1.54) is 0 Å². The van der Waals surface area contributed by atoms with Gasteiger partial charge in [-0.15, -0.1) is 23.2 Å². The molecule has 2 heteroatoms. The van der Waals surface area contributed by atoms with Gasteiger partial charge in [0.2, 0.25) is 0 Å². The van der Waals surface area contributed by atoms with Gasteiger partial charge in [0.25, 0.3) is 0 Å². The molecular weight excluding hydrogens is 131 g/mol. The molecule has 0 atom stereocenters. The second-order valence-electron chi connectivity index (χ2n) is 2.16. The number of halogens is 2. The van der Waals surface area contributed by atoms with E-state index in [0.29, 0.717) is 5.88 Å². The van der Waals surface area contributed by atoms with Crippen LogP contribution < -0.4 is 0 Å². The summed E-state index contributed by atoms with van der Waals surface area (Å²) in [5.41, 5.74) is 0. The predicted molar refractivity (Wildman–Crippen MR) is 35.3 cm³/mol. The molecule has 7 heavy (non-hydrogen) atoms. The molecule has 0 aliphatic rings. The van der Waals surface area contributed by atoms with Gasteiger partial charge in [-0.3, -0.25) is 0 Å². The molecule has 0 amide bonds. The van der Waals surface area contributed by atoms with Crippen LogP contribution in [-0.4, -0.2) is 10.8 Å².